The number of thioether (sulfide) groups is 1. The van der Waals surface area contributed by atoms with Crippen molar-refractivity contribution >= 4 is 11.8 Å². The first-order valence-electron chi connectivity index (χ1n) is 6.80. The number of aromatic nitrogens is 2. The molecule has 1 fully saturated rings. The van der Waals surface area contributed by atoms with Crippen LogP contribution in [0.5, 0.6) is 0 Å². The van der Waals surface area contributed by atoms with Gasteiger partial charge in [0.05, 0.1) is 0 Å². The number of nitrogens with zero attached hydrogens (tertiary/aromatic N) is 2. The maximum absolute atomic E-state index is 5.88. The predicted octanol–water partition coefficient (Wildman–Crippen LogP) is 3.01. The van der Waals surface area contributed by atoms with Gasteiger partial charge in [0.25, 0.3) is 0 Å². The molecule has 0 amide bonds. The van der Waals surface area contributed by atoms with E-state index in [0.29, 0.717) is 11.2 Å². The first-order chi connectivity index (χ1) is 8.61. The first kappa shape index (κ1) is 13.8. The summed E-state index contributed by atoms with van der Waals surface area (Å²) in [6, 6.07) is 0. The van der Waals surface area contributed by atoms with E-state index >= 15 is 0 Å². The van der Waals surface area contributed by atoms with Gasteiger partial charge >= 0.3 is 0 Å². The van der Waals surface area contributed by atoms with Crippen LogP contribution in [0.2, 0.25) is 0 Å². The van der Waals surface area contributed by atoms with E-state index in [4.69, 9.17) is 5.73 Å². The molecule has 2 N–H and O–H groups in total. The molecule has 3 nitrogen and oxygen atoms in total. The van der Waals surface area contributed by atoms with Crippen LogP contribution in [0.1, 0.15) is 42.6 Å². The topological polar surface area (TPSA) is 51.8 Å². The minimum absolute atomic E-state index is 0.602. The quantitative estimate of drug-likeness (QED) is 0.854. The Balaban J connectivity index is 2.13. The molecule has 0 spiro atoms. The van der Waals surface area contributed by atoms with E-state index in [-0.39, 0.29) is 0 Å². The van der Waals surface area contributed by atoms with Gasteiger partial charge in [-0.2, -0.15) is 0 Å². The van der Waals surface area contributed by atoms with Crippen molar-refractivity contribution in [3.63, 3.8) is 0 Å². The van der Waals surface area contributed by atoms with Crippen molar-refractivity contribution in [2.24, 2.45) is 11.7 Å². The van der Waals surface area contributed by atoms with Crippen molar-refractivity contribution in [3.8, 4) is 0 Å². The van der Waals surface area contributed by atoms with E-state index in [2.05, 4.69) is 30.7 Å². The van der Waals surface area contributed by atoms with Gasteiger partial charge in [0.1, 0.15) is 0 Å². The zero-order valence-electron chi connectivity index (χ0n) is 11.6. The molecule has 2 rings (SSSR count). The lowest BCUT2D eigenvalue weighted by Crippen LogP contribution is -2.29. The lowest BCUT2D eigenvalue weighted by atomic mass is 9.89. The van der Waals surface area contributed by atoms with Crippen LogP contribution in [0.25, 0.3) is 0 Å². The van der Waals surface area contributed by atoms with E-state index < -0.39 is 0 Å². The molecule has 1 aromatic rings. The highest BCUT2D eigenvalue weighted by Gasteiger charge is 2.25. The minimum Gasteiger partial charge on any atom is -0.330 e. The van der Waals surface area contributed by atoms with Gasteiger partial charge in [0, 0.05) is 16.6 Å². The van der Waals surface area contributed by atoms with Crippen LogP contribution in [0.15, 0.2) is 5.16 Å². The number of aryl methyl sites for hydroxylation is 2. The molecule has 4 heteroatoms. The summed E-state index contributed by atoms with van der Waals surface area (Å²) in [5.74, 6) is 0.634. The maximum atomic E-state index is 5.88. The summed E-state index contributed by atoms with van der Waals surface area (Å²) in [6.45, 7) is 7.01. The summed E-state index contributed by atoms with van der Waals surface area (Å²) in [4.78, 5) is 9.21. The Morgan fingerprint density at radius 1 is 1.11 bits per heavy atom. The highest BCUT2D eigenvalue weighted by atomic mass is 32.2. The molecule has 0 saturated heterocycles. The van der Waals surface area contributed by atoms with Gasteiger partial charge in [-0.25, -0.2) is 9.97 Å². The second-order valence-electron chi connectivity index (χ2n) is 5.24. The van der Waals surface area contributed by atoms with Crippen molar-refractivity contribution in [1.82, 2.24) is 9.97 Å². The molecular formula is C14H23N3S. The largest absolute Gasteiger partial charge is 0.330 e. The molecule has 1 saturated carbocycles. The van der Waals surface area contributed by atoms with Crippen LogP contribution in [0.3, 0.4) is 0 Å². The highest BCUT2D eigenvalue weighted by Crippen LogP contribution is 2.36. The van der Waals surface area contributed by atoms with Crippen molar-refractivity contribution in [1.29, 1.82) is 0 Å². The molecule has 0 aromatic carbocycles. The van der Waals surface area contributed by atoms with Crippen molar-refractivity contribution < 1.29 is 0 Å². The third-order valence-corrected chi connectivity index (χ3v) is 5.33. The average molecular weight is 265 g/mol. The van der Waals surface area contributed by atoms with E-state index in [9.17, 15) is 0 Å². The van der Waals surface area contributed by atoms with Gasteiger partial charge in [-0.1, -0.05) is 24.6 Å². The van der Waals surface area contributed by atoms with Crippen LogP contribution in [-0.2, 0) is 0 Å². The normalized spacial score (nSPS) is 24.2. The smallest absolute Gasteiger partial charge is 0.188 e. The van der Waals surface area contributed by atoms with Crippen molar-refractivity contribution in [2.75, 3.05) is 6.54 Å². The molecular weight excluding hydrogens is 242 g/mol. The van der Waals surface area contributed by atoms with Gasteiger partial charge in [0.15, 0.2) is 5.16 Å². The summed E-state index contributed by atoms with van der Waals surface area (Å²) >= 11 is 1.83. The van der Waals surface area contributed by atoms with Crippen molar-refractivity contribution in [3.05, 3.63) is 17.0 Å². The number of rotatable bonds is 3. The fourth-order valence-electron chi connectivity index (χ4n) is 2.53. The highest BCUT2D eigenvalue weighted by molar-refractivity contribution is 7.99. The summed E-state index contributed by atoms with van der Waals surface area (Å²) in [6.07, 6.45) is 5.16. The van der Waals surface area contributed by atoms with E-state index in [1.807, 2.05) is 11.8 Å². The standard InChI is InChI=1S/C14H23N3S/c1-9-10(2)16-14(17-11(9)3)18-13-7-5-4-6-12(13)8-15/h12-13H,4-8,15H2,1-3H3. The molecule has 0 radical (unpaired) electrons. The van der Waals surface area contributed by atoms with Crippen LogP contribution >= 0.6 is 11.8 Å². The summed E-state index contributed by atoms with van der Waals surface area (Å²) in [5.41, 5.74) is 9.29. The van der Waals surface area contributed by atoms with E-state index in [0.717, 1.165) is 23.1 Å². The molecule has 1 aliphatic rings. The second-order valence-corrected chi connectivity index (χ2v) is 6.44. The van der Waals surface area contributed by atoms with Crippen LogP contribution < -0.4 is 5.73 Å². The second kappa shape index (κ2) is 6.02. The zero-order chi connectivity index (χ0) is 13.1. The van der Waals surface area contributed by atoms with Gasteiger partial charge in [-0.3, -0.25) is 0 Å². The minimum atomic E-state index is 0.602. The van der Waals surface area contributed by atoms with Gasteiger partial charge in [-0.05, 0) is 51.6 Å². The summed E-state index contributed by atoms with van der Waals surface area (Å²) in [5, 5.41) is 1.53. The molecule has 2 atom stereocenters. The Labute approximate surface area is 114 Å². The molecule has 2 unspecified atom stereocenters. The fourth-order valence-corrected chi connectivity index (χ4v) is 3.90. The monoisotopic (exact) mass is 265 g/mol. The third-order valence-electron chi connectivity index (χ3n) is 4.01. The van der Waals surface area contributed by atoms with E-state index in [1.54, 1.807) is 0 Å². The van der Waals surface area contributed by atoms with Crippen molar-refractivity contribution in [2.45, 2.75) is 56.9 Å². The predicted molar refractivity (Wildman–Crippen MR) is 76.9 cm³/mol. The van der Waals surface area contributed by atoms with Crippen LogP contribution in [0.4, 0.5) is 0 Å². The lowest BCUT2D eigenvalue weighted by Gasteiger charge is -2.29. The SMILES string of the molecule is Cc1nc(SC2CCCCC2CN)nc(C)c1C. The Hall–Kier alpha value is -0.610. The summed E-state index contributed by atoms with van der Waals surface area (Å²) in [7, 11) is 0. The Morgan fingerprint density at radius 2 is 1.72 bits per heavy atom. The molecule has 1 heterocycles. The van der Waals surface area contributed by atoms with Gasteiger partial charge < -0.3 is 5.73 Å². The maximum Gasteiger partial charge on any atom is 0.188 e. The summed E-state index contributed by atoms with van der Waals surface area (Å²) < 4.78 is 0. The lowest BCUT2D eigenvalue weighted by molar-refractivity contribution is 0.377. The van der Waals surface area contributed by atoms with Crippen LogP contribution in [0, 0.1) is 26.7 Å². The fraction of sp³-hybridized carbons (Fsp3) is 0.714. The molecule has 18 heavy (non-hydrogen) atoms. The molecule has 1 aliphatic carbocycles. The van der Waals surface area contributed by atoms with Gasteiger partial charge in [-0.15, -0.1) is 0 Å². The Bertz CT molecular complexity index is 396. The first-order valence-corrected chi connectivity index (χ1v) is 7.68. The Kier molecular flexibility index (Phi) is 4.62. The number of hydrogen-bond acceptors (Lipinski definition) is 4. The molecule has 0 aliphatic heterocycles. The average Bonchev–Trinajstić information content (AvgIpc) is 2.36. The zero-order valence-corrected chi connectivity index (χ0v) is 12.4. The Morgan fingerprint density at radius 3 is 2.33 bits per heavy atom. The number of hydrogen-bond donors (Lipinski definition) is 1. The third kappa shape index (κ3) is 3.04. The number of nitrogens with two attached hydrogens (primary N) is 1. The van der Waals surface area contributed by atoms with Gasteiger partial charge in [0.2, 0.25) is 0 Å². The molecule has 0 bridgehead atoms. The van der Waals surface area contributed by atoms with E-state index in [1.165, 1.54) is 31.2 Å². The molecule has 1 aromatic heterocycles. The van der Waals surface area contributed by atoms with Crippen LogP contribution in [-0.4, -0.2) is 21.8 Å². The molecule has 100 valence electrons.